The lowest BCUT2D eigenvalue weighted by molar-refractivity contribution is -0.305. The number of urea groups is 1. The highest BCUT2D eigenvalue weighted by atomic mass is 19.4. The van der Waals surface area contributed by atoms with Crippen molar-refractivity contribution in [2.75, 3.05) is 20.3 Å². The predicted molar refractivity (Wildman–Crippen MR) is 146 cm³/mol. The lowest BCUT2D eigenvalue weighted by Crippen LogP contribution is -2.48. The number of rotatable bonds is 14. The Labute approximate surface area is 242 Å². The van der Waals surface area contributed by atoms with Crippen molar-refractivity contribution in [2.45, 2.75) is 83.0 Å². The van der Waals surface area contributed by atoms with Crippen molar-refractivity contribution in [3.05, 3.63) is 58.7 Å². The van der Waals surface area contributed by atoms with Crippen LogP contribution in [-0.2, 0) is 29.7 Å². The van der Waals surface area contributed by atoms with E-state index in [0.717, 1.165) is 22.6 Å². The molecule has 2 N–H and O–H groups in total. The molecule has 1 saturated heterocycles. The summed E-state index contributed by atoms with van der Waals surface area (Å²) in [5.41, 5.74) is -5.03. The number of ether oxygens (including phenoxy) is 2. The monoisotopic (exact) mass is 600 g/mol. The van der Waals surface area contributed by atoms with E-state index in [2.05, 4.69) is 5.32 Å². The van der Waals surface area contributed by atoms with E-state index in [1.54, 1.807) is 40.0 Å². The number of hydrogen-bond acceptors (Lipinski definition) is 5. The van der Waals surface area contributed by atoms with E-state index in [1.165, 1.54) is 0 Å². The van der Waals surface area contributed by atoms with E-state index in [9.17, 15) is 36.6 Å². The van der Waals surface area contributed by atoms with Gasteiger partial charge in [0.05, 0.1) is 13.7 Å². The molecule has 2 aromatic carbocycles. The van der Waals surface area contributed by atoms with Gasteiger partial charge in [0, 0.05) is 13.0 Å². The molecule has 1 fully saturated rings. The number of imide groups is 1. The zero-order valence-electron chi connectivity index (χ0n) is 24.1. The van der Waals surface area contributed by atoms with Gasteiger partial charge in [-0.05, 0) is 72.7 Å². The molecule has 0 aliphatic carbocycles. The number of alkyl halides is 5. The van der Waals surface area contributed by atoms with Gasteiger partial charge in [0.15, 0.2) is 0 Å². The molecule has 1 aliphatic heterocycles. The fourth-order valence-electron chi connectivity index (χ4n) is 5.10. The third-order valence-corrected chi connectivity index (χ3v) is 7.30. The van der Waals surface area contributed by atoms with E-state index >= 15 is 0 Å². The number of methoxy groups -OCH3 is 1. The van der Waals surface area contributed by atoms with Crippen molar-refractivity contribution < 1.29 is 46.1 Å². The fraction of sp³-hybridized carbons (Fsp3) is 0.533. The van der Waals surface area contributed by atoms with Gasteiger partial charge in [-0.25, -0.2) is 13.6 Å². The molecule has 12 heteroatoms. The molecule has 3 rings (SSSR count). The van der Waals surface area contributed by atoms with Crippen LogP contribution in [0.1, 0.15) is 62.3 Å². The lowest BCUT2D eigenvalue weighted by atomic mass is 9.88. The van der Waals surface area contributed by atoms with Gasteiger partial charge in [-0.2, -0.15) is 13.2 Å². The summed E-state index contributed by atoms with van der Waals surface area (Å²) in [5, 5.41) is 12.9. The maximum absolute atomic E-state index is 13.6. The van der Waals surface area contributed by atoms with Gasteiger partial charge >= 0.3 is 12.2 Å². The Morgan fingerprint density at radius 2 is 1.60 bits per heavy atom. The van der Waals surface area contributed by atoms with Crippen molar-refractivity contribution in [1.29, 1.82) is 0 Å². The average molecular weight is 601 g/mol. The van der Waals surface area contributed by atoms with Crippen LogP contribution < -0.4 is 14.8 Å². The summed E-state index contributed by atoms with van der Waals surface area (Å²) in [4.78, 5) is 26.9. The first-order chi connectivity index (χ1) is 19.7. The number of nitrogens with zero attached hydrogens (tertiary/aromatic N) is 1. The Bertz CT molecular complexity index is 1230. The van der Waals surface area contributed by atoms with E-state index in [-0.39, 0.29) is 55.7 Å². The summed E-state index contributed by atoms with van der Waals surface area (Å²) in [6, 6.07) is 8.46. The minimum Gasteiger partial charge on any atom is -0.497 e. The Balaban J connectivity index is 1.75. The third kappa shape index (κ3) is 6.79. The minimum absolute atomic E-state index is 0.0113. The first kappa shape index (κ1) is 33.1. The molecule has 1 aliphatic rings. The summed E-state index contributed by atoms with van der Waals surface area (Å²) >= 11 is 0. The molecular formula is C30H37F5N2O5. The van der Waals surface area contributed by atoms with Crippen molar-refractivity contribution in [3.8, 4) is 11.5 Å². The lowest BCUT2D eigenvalue weighted by Gasteiger charge is -2.31. The highest BCUT2D eigenvalue weighted by Gasteiger charge is 2.62. The molecule has 2 unspecified atom stereocenters. The summed E-state index contributed by atoms with van der Waals surface area (Å²) in [7, 11) is 1.55. The van der Waals surface area contributed by atoms with Crippen molar-refractivity contribution in [1.82, 2.24) is 10.2 Å². The summed E-state index contributed by atoms with van der Waals surface area (Å²) < 4.78 is 79.1. The van der Waals surface area contributed by atoms with Crippen LogP contribution in [0.5, 0.6) is 11.5 Å². The first-order valence-corrected chi connectivity index (χ1v) is 13.8. The van der Waals surface area contributed by atoms with Gasteiger partial charge in [0.1, 0.15) is 17.0 Å². The number of halogens is 5. The van der Waals surface area contributed by atoms with Crippen LogP contribution in [0, 0.1) is 0 Å². The Morgan fingerprint density at radius 3 is 2.07 bits per heavy atom. The van der Waals surface area contributed by atoms with Crippen LogP contribution in [0.25, 0.3) is 0 Å². The van der Waals surface area contributed by atoms with Crippen LogP contribution >= 0.6 is 0 Å². The summed E-state index contributed by atoms with van der Waals surface area (Å²) in [5.74, 6) is 0.531. The molecule has 42 heavy (non-hydrogen) atoms. The SMILES string of the molecule is CCCc1cc(C(O)(C(F)F)C(F)(F)F)cc(CCC)c1OCCCN1C(=O)NC(C)(Cc2ccc(OC)cc2)C1=O. The Kier molecular flexibility index (Phi) is 10.5. The molecule has 0 bridgehead atoms. The largest absolute Gasteiger partial charge is 0.497 e. The molecule has 3 amide bonds. The standard InChI is InChI=1S/C30H37F5N2O5/c1-5-8-20-16-22(29(40,25(31)32)30(33,34)35)17-21(9-6-2)24(20)42-15-7-14-37-26(38)28(3,36-27(37)39)18-19-10-12-23(41-4)13-11-19/h10-13,16-17,25,40H,5-9,14-15,18H2,1-4H3,(H,36,39). The second-order valence-corrected chi connectivity index (χ2v) is 10.6. The van der Waals surface area contributed by atoms with Crippen molar-refractivity contribution in [3.63, 3.8) is 0 Å². The number of carbonyl (C=O) groups excluding carboxylic acids is 2. The van der Waals surface area contributed by atoms with E-state index < -0.39 is 41.2 Å². The highest BCUT2D eigenvalue weighted by molar-refractivity contribution is 6.06. The molecule has 2 atom stereocenters. The quantitative estimate of drug-likeness (QED) is 0.159. The number of aryl methyl sites for hydroxylation is 2. The highest BCUT2D eigenvalue weighted by Crippen LogP contribution is 2.45. The number of nitrogens with one attached hydrogen (secondary N) is 1. The first-order valence-electron chi connectivity index (χ1n) is 13.8. The van der Waals surface area contributed by atoms with Crippen molar-refractivity contribution in [2.24, 2.45) is 0 Å². The Hall–Kier alpha value is -3.41. The van der Waals surface area contributed by atoms with Gasteiger partial charge in [0.25, 0.3) is 12.3 Å². The van der Waals surface area contributed by atoms with E-state index in [0.29, 0.717) is 18.6 Å². The van der Waals surface area contributed by atoms with Crippen LogP contribution in [-0.4, -0.2) is 60.3 Å². The topological polar surface area (TPSA) is 88.1 Å². The maximum Gasteiger partial charge on any atom is 0.427 e. The number of benzene rings is 2. The smallest absolute Gasteiger partial charge is 0.427 e. The minimum atomic E-state index is -5.60. The number of aliphatic hydroxyl groups is 1. The zero-order chi connectivity index (χ0) is 31.3. The zero-order valence-corrected chi connectivity index (χ0v) is 24.1. The number of carbonyl (C=O) groups is 2. The molecule has 232 valence electrons. The molecule has 0 saturated carbocycles. The number of hydrogen-bond donors (Lipinski definition) is 2. The van der Waals surface area contributed by atoms with Crippen molar-refractivity contribution >= 4 is 11.9 Å². The van der Waals surface area contributed by atoms with E-state index in [1.807, 2.05) is 12.1 Å². The Morgan fingerprint density at radius 1 is 1.02 bits per heavy atom. The van der Waals surface area contributed by atoms with Crippen LogP contribution in [0.4, 0.5) is 26.7 Å². The van der Waals surface area contributed by atoms with Crippen LogP contribution in [0.2, 0.25) is 0 Å². The second-order valence-electron chi connectivity index (χ2n) is 10.6. The molecule has 7 nitrogen and oxygen atoms in total. The normalized spacial score (nSPS) is 18.8. The third-order valence-electron chi connectivity index (χ3n) is 7.30. The predicted octanol–water partition coefficient (Wildman–Crippen LogP) is 5.94. The molecule has 1 heterocycles. The molecule has 0 radical (unpaired) electrons. The van der Waals surface area contributed by atoms with Gasteiger partial charge in [-0.1, -0.05) is 38.8 Å². The summed E-state index contributed by atoms with van der Waals surface area (Å²) in [6.45, 7) is 5.24. The average Bonchev–Trinajstić information content (AvgIpc) is 3.13. The molecular weight excluding hydrogens is 563 g/mol. The fourth-order valence-corrected chi connectivity index (χ4v) is 5.10. The van der Waals surface area contributed by atoms with Gasteiger partial charge in [0.2, 0.25) is 5.60 Å². The number of amides is 3. The van der Waals surface area contributed by atoms with E-state index in [4.69, 9.17) is 9.47 Å². The van der Waals surface area contributed by atoms with Gasteiger partial charge in [-0.3, -0.25) is 9.69 Å². The maximum atomic E-state index is 13.6. The molecule has 0 aromatic heterocycles. The van der Waals surface area contributed by atoms with Gasteiger partial charge in [-0.15, -0.1) is 0 Å². The summed E-state index contributed by atoms with van der Waals surface area (Å²) in [6.07, 6.45) is -7.76. The molecule has 0 spiro atoms. The van der Waals surface area contributed by atoms with Crippen LogP contribution in [0.15, 0.2) is 36.4 Å². The van der Waals surface area contributed by atoms with Crippen LogP contribution in [0.3, 0.4) is 0 Å². The second kappa shape index (κ2) is 13.3. The molecule has 2 aromatic rings. The van der Waals surface area contributed by atoms with Gasteiger partial charge < -0.3 is 19.9 Å².